The van der Waals surface area contributed by atoms with Crippen molar-refractivity contribution in [2.24, 2.45) is 0 Å². The first-order chi connectivity index (χ1) is 13.2. The smallest absolute Gasteiger partial charge is 0.408 e. The molecule has 2 atom stereocenters. The molecule has 3 rings (SSSR count). The first-order valence-electron chi connectivity index (χ1n) is 9.50. The summed E-state index contributed by atoms with van der Waals surface area (Å²) in [6.07, 6.45) is 1.37. The molecule has 2 unspecified atom stereocenters. The quantitative estimate of drug-likeness (QED) is 0.730. The summed E-state index contributed by atoms with van der Waals surface area (Å²) >= 11 is 6.03. The van der Waals surface area contributed by atoms with Gasteiger partial charge in [-0.2, -0.15) is 5.26 Å². The molecule has 0 saturated heterocycles. The Morgan fingerprint density at radius 1 is 1.25 bits per heavy atom. The number of aryl methyl sites for hydroxylation is 1. The van der Waals surface area contributed by atoms with Crippen LogP contribution in [0, 0.1) is 11.3 Å². The Labute approximate surface area is 171 Å². The summed E-state index contributed by atoms with van der Waals surface area (Å²) in [4.78, 5) is 13.8. The van der Waals surface area contributed by atoms with E-state index < -0.39 is 11.6 Å². The highest BCUT2D eigenvalue weighted by Gasteiger charge is 2.40. The van der Waals surface area contributed by atoms with Gasteiger partial charge < -0.3 is 5.11 Å². The topological polar surface area (TPSA) is 64.3 Å². The van der Waals surface area contributed by atoms with Gasteiger partial charge in [0.05, 0.1) is 11.6 Å². The van der Waals surface area contributed by atoms with E-state index in [1.807, 2.05) is 63.2 Å². The maximum atomic E-state index is 12.2. The normalized spacial score (nSPS) is 18.8. The molecule has 0 bridgehead atoms. The third kappa shape index (κ3) is 4.15. The average Bonchev–Trinajstić information content (AvgIpc) is 2.63. The van der Waals surface area contributed by atoms with Crippen LogP contribution in [0.2, 0.25) is 5.02 Å². The third-order valence-electron chi connectivity index (χ3n) is 5.48. The molecule has 4 nitrogen and oxygen atoms in total. The van der Waals surface area contributed by atoms with Gasteiger partial charge in [0.25, 0.3) is 0 Å². The Morgan fingerprint density at radius 3 is 2.50 bits per heavy atom. The molecular weight excluding hydrogens is 372 g/mol. The summed E-state index contributed by atoms with van der Waals surface area (Å²) in [7, 11) is 0. The molecule has 0 spiro atoms. The zero-order valence-corrected chi connectivity index (χ0v) is 17.2. The van der Waals surface area contributed by atoms with E-state index in [0.717, 1.165) is 24.0 Å². The molecule has 1 N–H and O–H groups in total. The van der Waals surface area contributed by atoms with E-state index in [1.165, 1.54) is 5.56 Å². The molecule has 28 heavy (non-hydrogen) atoms. The molecule has 2 aromatic rings. The molecular formula is C23H25ClN2O2. The molecule has 0 aliphatic heterocycles. The van der Waals surface area contributed by atoms with Crippen molar-refractivity contribution >= 4 is 17.7 Å². The van der Waals surface area contributed by atoms with Gasteiger partial charge in [0.15, 0.2) is 0 Å². The van der Waals surface area contributed by atoms with Gasteiger partial charge in [0.1, 0.15) is 0 Å². The van der Waals surface area contributed by atoms with Crippen molar-refractivity contribution in [2.75, 3.05) is 0 Å². The van der Waals surface area contributed by atoms with Gasteiger partial charge in [-0.3, -0.25) is 4.90 Å². The van der Waals surface area contributed by atoms with E-state index in [9.17, 15) is 15.2 Å². The molecule has 0 saturated carbocycles. The number of nitrogens with zero attached hydrogens (tertiary/aromatic N) is 2. The lowest BCUT2D eigenvalue weighted by molar-refractivity contribution is 0.0545. The lowest BCUT2D eigenvalue weighted by Gasteiger charge is -2.46. The van der Waals surface area contributed by atoms with E-state index in [2.05, 4.69) is 6.07 Å². The monoisotopic (exact) mass is 396 g/mol. The number of hydrogen-bond acceptors (Lipinski definition) is 2. The summed E-state index contributed by atoms with van der Waals surface area (Å²) < 4.78 is 0. The molecule has 0 fully saturated rings. The number of nitriles is 1. The van der Waals surface area contributed by atoms with Crippen LogP contribution in [0.4, 0.5) is 4.79 Å². The summed E-state index contributed by atoms with van der Waals surface area (Å²) in [6, 6.07) is 15.6. The summed E-state index contributed by atoms with van der Waals surface area (Å²) in [5, 5.41) is 20.0. The standard InChI is InChI=1S/C23H25ClN2O2/c1-23(2,3)26(22(27)28)21-11-8-17-7-4-16(14-25)13-19(17)20(21)12-15-5-9-18(24)10-6-15/h4-7,9-10,13,20-21H,8,11-12H2,1-3H3,(H,27,28). The van der Waals surface area contributed by atoms with Crippen molar-refractivity contribution < 1.29 is 9.90 Å². The zero-order valence-electron chi connectivity index (χ0n) is 16.4. The van der Waals surface area contributed by atoms with Crippen molar-refractivity contribution in [1.29, 1.82) is 5.26 Å². The van der Waals surface area contributed by atoms with E-state index in [4.69, 9.17) is 11.6 Å². The fourth-order valence-corrected chi connectivity index (χ4v) is 4.43. The number of carbonyl (C=O) groups is 1. The maximum Gasteiger partial charge on any atom is 0.408 e. The summed E-state index contributed by atoms with van der Waals surface area (Å²) in [6.45, 7) is 5.80. The van der Waals surface area contributed by atoms with Crippen LogP contribution in [-0.4, -0.2) is 27.7 Å². The Kier molecular flexibility index (Phi) is 5.67. The second kappa shape index (κ2) is 7.85. The van der Waals surface area contributed by atoms with E-state index >= 15 is 0 Å². The number of fused-ring (bicyclic) bond motifs is 1. The largest absolute Gasteiger partial charge is 0.465 e. The van der Waals surface area contributed by atoms with E-state index in [0.29, 0.717) is 17.0 Å². The molecule has 0 heterocycles. The third-order valence-corrected chi connectivity index (χ3v) is 5.73. The Morgan fingerprint density at radius 2 is 1.93 bits per heavy atom. The average molecular weight is 397 g/mol. The molecule has 1 amide bonds. The van der Waals surface area contributed by atoms with Crippen LogP contribution in [0.15, 0.2) is 42.5 Å². The Hall–Kier alpha value is -2.51. The minimum absolute atomic E-state index is 0.0199. The summed E-state index contributed by atoms with van der Waals surface area (Å²) in [5.41, 5.74) is 3.49. The van der Waals surface area contributed by atoms with Crippen LogP contribution in [0.3, 0.4) is 0 Å². The molecule has 1 aliphatic rings. The van der Waals surface area contributed by atoms with Crippen LogP contribution < -0.4 is 0 Å². The van der Waals surface area contributed by atoms with E-state index in [-0.39, 0.29) is 12.0 Å². The lowest BCUT2D eigenvalue weighted by Crippen LogP contribution is -2.54. The number of carboxylic acid groups (broad SMARTS) is 1. The van der Waals surface area contributed by atoms with Gasteiger partial charge in [-0.05, 0) is 81.0 Å². The van der Waals surface area contributed by atoms with Crippen molar-refractivity contribution in [3.8, 4) is 6.07 Å². The molecule has 0 aromatic heterocycles. The zero-order chi connectivity index (χ0) is 20.5. The number of benzene rings is 2. The highest BCUT2D eigenvalue weighted by Crippen LogP contribution is 2.40. The predicted molar refractivity (Wildman–Crippen MR) is 111 cm³/mol. The second-order valence-corrected chi connectivity index (χ2v) is 8.83. The molecule has 0 radical (unpaired) electrons. The first-order valence-corrected chi connectivity index (χ1v) is 9.88. The highest BCUT2D eigenvalue weighted by molar-refractivity contribution is 6.30. The molecule has 1 aliphatic carbocycles. The van der Waals surface area contributed by atoms with Crippen molar-refractivity contribution in [3.05, 3.63) is 69.7 Å². The van der Waals surface area contributed by atoms with Crippen molar-refractivity contribution in [2.45, 2.75) is 57.5 Å². The van der Waals surface area contributed by atoms with Gasteiger partial charge in [0, 0.05) is 22.5 Å². The lowest BCUT2D eigenvalue weighted by atomic mass is 9.74. The first kappa shape index (κ1) is 20.2. The van der Waals surface area contributed by atoms with Crippen LogP contribution in [0.1, 0.15) is 55.4 Å². The van der Waals surface area contributed by atoms with Crippen LogP contribution in [0.25, 0.3) is 0 Å². The van der Waals surface area contributed by atoms with Crippen molar-refractivity contribution in [3.63, 3.8) is 0 Å². The predicted octanol–water partition coefficient (Wildman–Crippen LogP) is 5.63. The number of rotatable bonds is 3. The number of halogens is 1. The minimum atomic E-state index is -0.904. The van der Waals surface area contributed by atoms with E-state index in [1.54, 1.807) is 4.90 Å². The Balaban J connectivity index is 2.09. The highest BCUT2D eigenvalue weighted by atomic mass is 35.5. The van der Waals surface area contributed by atoms with Crippen LogP contribution >= 0.6 is 11.6 Å². The van der Waals surface area contributed by atoms with Crippen LogP contribution in [0.5, 0.6) is 0 Å². The van der Waals surface area contributed by atoms with Gasteiger partial charge in [0.2, 0.25) is 0 Å². The molecule has 5 heteroatoms. The van der Waals surface area contributed by atoms with Gasteiger partial charge in [-0.15, -0.1) is 0 Å². The van der Waals surface area contributed by atoms with Gasteiger partial charge in [-0.1, -0.05) is 29.8 Å². The fourth-order valence-electron chi connectivity index (χ4n) is 4.30. The Bertz CT molecular complexity index is 910. The fraction of sp³-hybridized carbons (Fsp3) is 0.391. The van der Waals surface area contributed by atoms with Gasteiger partial charge >= 0.3 is 6.09 Å². The second-order valence-electron chi connectivity index (χ2n) is 8.39. The number of hydrogen-bond donors (Lipinski definition) is 1. The van der Waals surface area contributed by atoms with Crippen molar-refractivity contribution in [1.82, 2.24) is 4.90 Å². The SMILES string of the molecule is CC(C)(C)N(C(=O)O)C1CCc2ccc(C#N)cc2C1Cc1ccc(Cl)cc1. The minimum Gasteiger partial charge on any atom is -0.465 e. The van der Waals surface area contributed by atoms with Gasteiger partial charge in [-0.25, -0.2) is 4.79 Å². The van der Waals surface area contributed by atoms with Crippen LogP contribution in [-0.2, 0) is 12.8 Å². The molecule has 2 aromatic carbocycles. The number of amides is 1. The molecule has 146 valence electrons. The maximum absolute atomic E-state index is 12.2. The summed E-state index contributed by atoms with van der Waals surface area (Å²) in [5.74, 6) is -0.0199.